The highest BCUT2D eigenvalue weighted by Crippen LogP contribution is 2.30. The SMILES string of the molecule is COc1ccc(CNCC#N)c(OC)c1C. The maximum Gasteiger partial charge on any atom is 0.129 e. The Bertz CT molecular complexity index is 397. The largest absolute Gasteiger partial charge is 0.496 e. The molecule has 16 heavy (non-hydrogen) atoms. The van der Waals surface area contributed by atoms with Crippen molar-refractivity contribution in [2.45, 2.75) is 13.5 Å². The molecular formula is C12H16N2O2. The van der Waals surface area contributed by atoms with Crippen LogP contribution in [0.1, 0.15) is 11.1 Å². The molecule has 0 heterocycles. The van der Waals surface area contributed by atoms with Crippen LogP contribution in [0.15, 0.2) is 12.1 Å². The molecule has 1 aromatic rings. The Morgan fingerprint density at radius 3 is 2.62 bits per heavy atom. The van der Waals surface area contributed by atoms with Gasteiger partial charge in [0.1, 0.15) is 11.5 Å². The number of nitriles is 1. The molecule has 0 fully saturated rings. The van der Waals surface area contributed by atoms with Gasteiger partial charge in [0.2, 0.25) is 0 Å². The summed E-state index contributed by atoms with van der Waals surface area (Å²) in [6.07, 6.45) is 0. The summed E-state index contributed by atoms with van der Waals surface area (Å²) in [5.41, 5.74) is 2.00. The van der Waals surface area contributed by atoms with Gasteiger partial charge in [0, 0.05) is 17.7 Å². The van der Waals surface area contributed by atoms with E-state index in [2.05, 4.69) is 5.32 Å². The van der Waals surface area contributed by atoms with Crippen molar-refractivity contribution in [3.8, 4) is 17.6 Å². The van der Waals surface area contributed by atoms with Crippen LogP contribution in [0.25, 0.3) is 0 Å². The molecule has 0 aliphatic rings. The smallest absolute Gasteiger partial charge is 0.129 e. The van der Waals surface area contributed by atoms with E-state index in [1.54, 1.807) is 14.2 Å². The predicted molar refractivity (Wildman–Crippen MR) is 61.6 cm³/mol. The highest BCUT2D eigenvalue weighted by atomic mass is 16.5. The molecule has 1 aromatic carbocycles. The van der Waals surface area contributed by atoms with Crippen LogP contribution in [0.5, 0.6) is 11.5 Å². The van der Waals surface area contributed by atoms with Crippen LogP contribution in [0, 0.1) is 18.3 Å². The number of ether oxygens (including phenoxy) is 2. The molecule has 0 atom stereocenters. The summed E-state index contributed by atoms with van der Waals surface area (Å²) in [5.74, 6) is 1.62. The van der Waals surface area contributed by atoms with Gasteiger partial charge in [0.05, 0.1) is 26.8 Å². The average molecular weight is 220 g/mol. The van der Waals surface area contributed by atoms with Crippen molar-refractivity contribution in [1.29, 1.82) is 5.26 Å². The molecule has 0 saturated carbocycles. The first-order valence-electron chi connectivity index (χ1n) is 5.02. The molecular weight excluding hydrogens is 204 g/mol. The van der Waals surface area contributed by atoms with Gasteiger partial charge >= 0.3 is 0 Å². The van der Waals surface area contributed by atoms with Crippen LogP contribution in [-0.4, -0.2) is 20.8 Å². The molecule has 4 heteroatoms. The van der Waals surface area contributed by atoms with E-state index in [1.165, 1.54) is 0 Å². The highest BCUT2D eigenvalue weighted by Gasteiger charge is 2.10. The van der Waals surface area contributed by atoms with Crippen LogP contribution in [-0.2, 0) is 6.54 Å². The predicted octanol–water partition coefficient (Wildman–Crippen LogP) is 1.63. The fourth-order valence-electron chi connectivity index (χ4n) is 1.63. The van der Waals surface area contributed by atoms with Crippen molar-refractivity contribution in [2.75, 3.05) is 20.8 Å². The second kappa shape index (κ2) is 5.99. The molecule has 0 spiro atoms. The minimum Gasteiger partial charge on any atom is -0.496 e. The first-order valence-corrected chi connectivity index (χ1v) is 5.02. The summed E-state index contributed by atoms with van der Waals surface area (Å²) in [4.78, 5) is 0. The lowest BCUT2D eigenvalue weighted by atomic mass is 10.1. The average Bonchev–Trinajstić information content (AvgIpc) is 2.30. The van der Waals surface area contributed by atoms with E-state index in [0.717, 1.165) is 22.6 Å². The molecule has 0 aliphatic heterocycles. The Kier molecular flexibility index (Phi) is 4.62. The molecule has 1 N–H and O–H groups in total. The number of rotatable bonds is 5. The normalized spacial score (nSPS) is 9.62. The lowest BCUT2D eigenvalue weighted by Crippen LogP contribution is -2.14. The molecule has 0 aromatic heterocycles. The minimum atomic E-state index is 0.328. The minimum absolute atomic E-state index is 0.328. The number of benzene rings is 1. The summed E-state index contributed by atoms with van der Waals surface area (Å²) in [6, 6.07) is 5.88. The molecule has 86 valence electrons. The van der Waals surface area contributed by atoms with Crippen molar-refractivity contribution in [3.63, 3.8) is 0 Å². The van der Waals surface area contributed by atoms with E-state index in [9.17, 15) is 0 Å². The van der Waals surface area contributed by atoms with Gasteiger partial charge in [0.25, 0.3) is 0 Å². The standard InChI is InChI=1S/C12H16N2O2/c1-9-11(15-2)5-4-10(12(9)16-3)8-14-7-6-13/h4-5,14H,7-8H2,1-3H3. The van der Waals surface area contributed by atoms with Crippen molar-refractivity contribution in [1.82, 2.24) is 5.32 Å². The highest BCUT2D eigenvalue weighted by molar-refractivity contribution is 5.49. The molecule has 0 saturated heterocycles. The van der Waals surface area contributed by atoms with Crippen LogP contribution in [0.4, 0.5) is 0 Å². The number of hydrogen-bond donors (Lipinski definition) is 1. The fourth-order valence-corrected chi connectivity index (χ4v) is 1.63. The fraction of sp³-hybridized carbons (Fsp3) is 0.417. The second-order valence-corrected chi connectivity index (χ2v) is 3.35. The van der Waals surface area contributed by atoms with Gasteiger partial charge in [-0.15, -0.1) is 0 Å². The maximum absolute atomic E-state index is 8.44. The zero-order valence-corrected chi connectivity index (χ0v) is 9.83. The van der Waals surface area contributed by atoms with Crippen LogP contribution >= 0.6 is 0 Å². The zero-order valence-electron chi connectivity index (χ0n) is 9.83. The third-order valence-corrected chi connectivity index (χ3v) is 2.38. The Labute approximate surface area is 95.8 Å². The molecule has 0 amide bonds. The second-order valence-electron chi connectivity index (χ2n) is 3.35. The Morgan fingerprint density at radius 2 is 2.06 bits per heavy atom. The summed E-state index contributed by atoms with van der Waals surface area (Å²) in [6.45, 7) is 2.89. The van der Waals surface area contributed by atoms with Crippen LogP contribution < -0.4 is 14.8 Å². The lowest BCUT2D eigenvalue weighted by molar-refractivity contribution is 0.384. The number of nitrogens with zero attached hydrogens (tertiary/aromatic N) is 1. The summed E-state index contributed by atoms with van der Waals surface area (Å²) in [7, 11) is 3.27. The van der Waals surface area contributed by atoms with E-state index in [-0.39, 0.29) is 0 Å². The van der Waals surface area contributed by atoms with E-state index in [1.807, 2.05) is 25.1 Å². The zero-order chi connectivity index (χ0) is 12.0. The third-order valence-electron chi connectivity index (χ3n) is 2.38. The van der Waals surface area contributed by atoms with E-state index >= 15 is 0 Å². The van der Waals surface area contributed by atoms with Gasteiger partial charge in [-0.3, -0.25) is 0 Å². The number of nitrogens with one attached hydrogen (secondary N) is 1. The maximum atomic E-state index is 8.44. The summed E-state index contributed by atoms with van der Waals surface area (Å²) < 4.78 is 10.6. The molecule has 0 bridgehead atoms. The van der Waals surface area contributed by atoms with Crippen molar-refractivity contribution in [3.05, 3.63) is 23.3 Å². The number of hydrogen-bond acceptors (Lipinski definition) is 4. The summed E-state index contributed by atoms with van der Waals surface area (Å²) in [5, 5.41) is 11.5. The van der Waals surface area contributed by atoms with E-state index in [0.29, 0.717) is 13.1 Å². The quantitative estimate of drug-likeness (QED) is 0.605. The first kappa shape index (κ1) is 12.3. The lowest BCUT2D eigenvalue weighted by Gasteiger charge is -2.14. The molecule has 1 rings (SSSR count). The van der Waals surface area contributed by atoms with Gasteiger partial charge < -0.3 is 14.8 Å². The Hall–Kier alpha value is -1.73. The monoisotopic (exact) mass is 220 g/mol. The molecule has 0 aliphatic carbocycles. The van der Waals surface area contributed by atoms with Gasteiger partial charge in [-0.1, -0.05) is 6.07 Å². The number of methoxy groups -OCH3 is 2. The van der Waals surface area contributed by atoms with Gasteiger partial charge in [-0.05, 0) is 13.0 Å². The van der Waals surface area contributed by atoms with E-state index < -0.39 is 0 Å². The van der Waals surface area contributed by atoms with Gasteiger partial charge in [0.15, 0.2) is 0 Å². The molecule has 0 radical (unpaired) electrons. The third kappa shape index (κ3) is 2.65. The van der Waals surface area contributed by atoms with E-state index in [4.69, 9.17) is 14.7 Å². The van der Waals surface area contributed by atoms with Crippen molar-refractivity contribution >= 4 is 0 Å². The summed E-state index contributed by atoms with van der Waals surface area (Å²) >= 11 is 0. The first-order chi connectivity index (χ1) is 7.74. The topological polar surface area (TPSA) is 54.3 Å². The Balaban J connectivity index is 2.93. The van der Waals surface area contributed by atoms with Gasteiger partial charge in [-0.2, -0.15) is 5.26 Å². The molecule has 4 nitrogen and oxygen atoms in total. The Morgan fingerprint density at radius 1 is 1.31 bits per heavy atom. The molecule has 0 unspecified atom stereocenters. The van der Waals surface area contributed by atoms with Crippen molar-refractivity contribution in [2.24, 2.45) is 0 Å². The van der Waals surface area contributed by atoms with Gasteiger partial charge in [-0.25, -0.2) is 0 Å². The van der Waals surface area contributed by atoms with Crippen LogP contribution in [0.3, 0.4) is 0 Å². The van der Waals surface area contributed by atoms with Crippen LogP contribution in [0.2, 0.25) is 0 Å². The van der Waals surface area contributed by atoms with Crippen molar-refractivity contribution < 1.29 is 9.47 Å².